The van der Waals surface area contributed by atoms with E-state index in [0.717, 1.165) is 11.0 Å². The Morgan fingerprint density at radius 1 is 1.43 bits per heavy atom. The van der Waals surface area contributed by atoms with Gasteiger partial charge in [-0.15, -0.1) is 0 Å². The first-order valence-corrected chi connectivity index (χ1v) is 4.54. The molecule has 0 saturated heterocycles. The van der Waals surface area contributed by atoms with Crippen LogP contribution in [0.5, 0.6) is 5.75 Å². The van der Waals surface area contributed by atoms with Crippen LogP contribution >= 0.6 is 0 Å². The van der Waals surface area contributed by atoms with Crippen LogP contribution in [0, 0.1) is 0 Å². The van der Waals surface area contributed by atoms with Crippen LogP contribution in [0.4, 0.5) is 5.69 Å². The van der Waals surface area contributed by atoms with Gasteiger partial charge in [-0.2, -0.15) is 0 Å². The molecule has 14 heavy (non-hydrogen) atoms. The molecule has 1 aromatic carbocycles. The number of fused-ring (bicyclic) bond motifs is 1. The fourth-order valence-corrected chi connectivity index (χ4v) is 1.49. The standard InChI is InChI=1S/C10H13N3O/c1-6(2)13-5-12-8-4-10(14)7(11)3-9(8)13/h3-6,14H,11H2,1-2H3. The first-order chi connectivity index (χ1) is 6.59. The van der Waals surface area contributed by atoms with E-state index in [4.69, 9.17) is 5.73 Å². The van der Waals surface area contributed by atoms with Gasteiger partial charge < -0.3 is 15.4 Å². The minimum atomic E-state index is 0.0894. The molecule has 0 saturated carbocycles. The highest BCUT2D eigenvalue weighted by Gasteiger charge is 2.08. The van der Waals surface area contributed by atoms with Gasteiger partial charge in [0.2, 0.25) is 0 Å². The molecule has 0 bridgehead atoms. The Bertz CT molecular complexity index is 473. The molecule has 0 fully saturated rings. The average Bonchev–Trinajstić information content (AvgIpc) is 2.48. The van der Waals surface area contributed by atoms with Gasteiger partial charge in [-0.25, -0.2) is 4.98 Å². The van der Waals surface area contributed by atoms with Crippen LogP contribution in [0.2, 0.25) is 0 Å². The highest BCUT2D eigenvalue weighted by molar-refractivity contribution is 5.82. The predicted octanol–water partition coefficient (Wildman–Crippen LogP) is 1.90. The molecule has 4 heteroatoms. The SMILES string of the molecule is CC(C)n1cnc2cc(O)c(N)cc21. The van der Waals surface area contributed by atoms with E-state index in [1.165, 1.54) is 0 Å². The van der Waals surface area contributed by atoms with Crippen LogP contribution in [0.3, 0.4) is 0 Å². The zero-order valence-corrected chi connectivity index (χ0v) is 8.23. The van der Waals surface area contributed by atoms with Crippen molar-refractivity contribution >= 4 is 16.7 Å². The van der Waals surface area contributed by atoms with Crippen LogP contribution in [0.25, 0.3) is 11.0 Å². The number of nitrogens with zero attached hydrogens (tertiary/aromatic N) is 2. The molecule has 0 atom stereocenters. The van der Waals surface area contributed by atoms with Crippen molar-refractivity contribution in [3.05, 3.63) is 18.5 Å². The number of rotatable bonds is 1. The van der Waals surface area contributed by atoms with Crippen molar-refractivity contribution in [1.29, 1.82) is 0 Å². The number of aromatic hydroxyl groups is 1. The first kappa shape index (κ1) is 8.87. The van der Waals surface area contributed by atoms with Crippen molar-refractivity contribution < 1.29 is 5.11 Å². The van der Waals surface area contributed by atoms with E-state index in [-0.39, 0.29) is 5.75 Å². The van der Waals surface area contributed by atoms with E-state index in [1.807, 2.05) is 4.57 Å². The number of benzene rings is 1. The van der Waals surface area contributed by atoms with Gasteiger partial charge in [0.15, 0.2) is 0 Å². The topological polar surface area (TPSA) is 64.1 Å². The molecular weight excluding hydrogens is 178 g/mol. The van der Waals surface area contributed by atoms with E-state index in [2.05, 4.69) is 18.8 Å². The zero-order valence-electron chi connectivity index (χ0n) is 8.23. The Balaban J connectivity index is 2.74. The summed E-state index contributed by atoms with van der Waals surface area (Å²) in [7, 11) is 0. The maximum atomic E-state index is 9.39. The number of phenolic OH excluding ortho intramolecular Hbond substituents is 1. The van der Waals surface area contributed by atoms with Crippen LogP contribution in [-0.4, -0.2) is 14.7 Å². The summed E-state index contributed by atoms with van der Waals surface area (Å²) in [6.07, 6.45) is 1.76. The molecule has 0 spiro atoms. The summed E-state index contributed by atoms with van der Waals surface area (Å²) in [5, 5.41) is 9.39. The van der Waals surface area contributed by atoms with Gasteiger partial charge in [-0.3, -0.25) is 0 Å². The molecule has 1 heterocycles. The van der Waals surface area contributed by atoms with Crippen molar-refractivity contribution in [3.8, 4) is 5.75 Å². The van der Waals surface area contributed by atoms with Crippen LogP contribution < -0.4 is 5.73 Å². The summed E-state index contributed by atoms with van der Waals surface area (Å²) in [6.45, 7) is 4.15. The molecule has 3 N–H and O–H groups in total. The quantitative estimate of drug-likeness (QED) is 0.534. The number of nitrogens with two attached hydrogens (primary N) is 1. The molecule has 2 aromatic rings. The van der Waals surface area contributed by atoms with Crippen molar-refractivity contribution in [2.45, 2.75) is 19.9 Å². The first-order valence-electron chi connectivity index (χ1n) is 4.54. The highest BCUT2D eigenvalue weighted by atomic mass is 16.3. The molecule has 0 amide bonds. The lowest BCUT2D eigenvalue weighted by Crippen LogP contribution is -1.98. The largest absolute Gasteiger partial charge is 0.506 e. The Morgan fingerprint density at radius 3 is 2.79 bits per heavy atom. The maximum absolute atomic E-state index is 9.39. The number of phenols is 1. The Labute approximate surface area is 82.0 Å². The second-order valence-corrected chi connectivity index (χ2v) is 3.65. The molecule has 4 nitrogen and oxygen atoms in total. The Morgan fingerprint density at radius 2 is 2.14 bits per heavy atom. The monoisotopic (exact) mass is 191 g/mol. The number of nitrogen functional groups attached to an aromatic ring is 1. The van der Waals surface area contributed by atoms with E-state index < -0.39 is 0 Å². The molecule has 0 aliphatic heterocycles. The van der Waals surface area contributed by atoms with E-state index in [1.54, 1.807) is 18.5 Å². The third-order valence-electron chi connectivity index (χ3n) is 2.28. The smallest absolute Gasteiger partial charge is 0.140 e. The molecule has 0 unspecified atom stereocenters. The van der Waals surface area contributed by atoms with E-state index in [9.17, 15) is 5.11 Å². The second kappa shape index (κ2) is 2.90. The van der Waals surface area contributed by atoms with Crippen LogP contribution in [0.1, 0.15) is 19.9 Å². The average molecular weight is 191 g/mol. The summed E-state index contributed by atoms with van der Waals surface area (Å²) in [5.74, 6) is 0.0894. The normalized spacial score (nSPS) is 11.4. The molecule has 0 radical (unpaired) electrons. The lowest BCUT2D eigenvalue weighted by atomic mass is 10.2. The predicted molar refractivity (Wildman–Crippen MR) is 56.2 cm³/mol. The molecule has 1 aromatic heterocycles. The Kier molecular flexibility index (Phi) is 1.84. The third-order valence-corrected chi connectivity index (χ3v) is 2.28. The van der Waals surface area contributed by atoms with Gasteiger partial charge >= 0.3 is 0 Å². The van der Waals surface area contributed by atoms with Gasteiger partial charge in [0, 0.05) is 12.1 Å². The third kappa shape index (κ3) is 1.19. The minimum Gasteiger partial charge on any atom is -0.506 e. The van der Waals surface area contributed by atoms with E-state index in [0.29, 0.717) is 11.7 Å². The summed E-state index contributed by atoms with van der Waals surface area (Å²) >= 11 is 0. The summed E-state index contributed by atoms with van der Waals surface area (Å²) in [4.78, 5) is 4.19. The van der Waals surface area contributed by atoms with E-state index >= 15 is 0 Å². The molecule has 74 valence electrons. The molecule has 2 rings (SSSR count). The van der Waals surface area contributed by atoms with Crippen LogP contribution in [-0.2, 0) is 0 Å². The van der Waals surface area contributed by atoms with Gasteiger partial charge in [0.1, 0.15) is 5.75 Å². The summed E-state index contributed by atoms with van der Waals surface area (Å²) in [6, 6.07) is 3.67. The van der Waals surface area contributed by atoms with Crippen LogP contribution in [0.15, 0.2) is 18.5 Å². The fourth-order valence-electron chi connectivity index (χ4n) is 1.49. The number of hydrogen-bond acceptors (Lipinski definition) is 3. The van der Waals surface area contributed by atoms with Crippen molar-refractivity contribution in [2.75, 3.05) is 5.73 Å². The van der Waals surface area contributed by atoms with Crippen molar-refractivity contribution in [1.82, 2.24) is 9.55 Å². The number of aromatic nitrogens is 2. The number of hydrogen-bond donors (Lipinski definition) is 2. The van der Waals surface area contributed by atoms with Gasteiger partial charge in [0.05, 0.1) is 23.0 Å². The van der Waals surface area contributed by atoms with Crippen molar-refractivity contribution in [3.63, 3.8) is 0 Å². The molecular formula is C10H13N3O. The second-order valence-electron chi connectivity index (χ2n) is 3.65. The minimum absolute atomic E-state index is 0.0894. The summed E-state index contributed by atoms with van der Waals surface area (Å²) in [5.41, 5.74) is 7.73. The van der Waals surface area contributed by atoms with Gasteiger partial charge in [-0.1, -0.05) is 0 Å². The Hall–Kier alpha value is -1.71. The van der Waals surface area contributed by atoms with Crippen molar-refractivity contribution in [2.24, 2.45) is 0 Å². The number of anilines is 1. The lowest BCUT2D eigenvalue weighted by molar-refractivity contribution is 0.478. The highest BCUT2D eigenvalue weighted by Crippen LogP contribution is 2.27. The molecule has 0 aliphatic carbocycles. The molecule has 0 aliphatic rings. The summed E-state index contributed by atoms with van der Waals surface area (Å²) < 4.78 is 2.02. The van der Waals surface area contributed by atoms with Gasteiger partial charge in [-0.05, 0) is 19.9 Å². The maximum Gasteiger partial charge on any atom is 0.140 e. The lowest BCUT2D eigenvalue weighted by Gasteiger charge is -2.08. The zero-order chi connectivity index (χ0) is 10.3. The fraction of sp³-hybridized carbons (Fsp3) is 0.300. The number of imidazole rings is 1. The van der Waals surface area contributed by atoms with Gasteiger partial charge in [0.25, 0.3) is 0 Å².